The van der Waals surface area contributed by atoms with Gasteiger partial charge in [-0.3, -0.25) is 9.59 Å². The molecule has 1 aliphatic carbocycles. The summed E-state index contributed by atoms with van der Waals surface area (Å²) < 4.78 is 0. The topological polar surface area (TPSA) is 81.1 Å². The lowest BCUT2D eigenvalue weighted by Gasteiger charge is -2.50. The SMILES string of the molecule is CN(C=O)C1(CO)SSC2(C)CC3=CC=C[C@H](O)[C@H]3N2C1=O. The zero-order chi connectivity index (χ0) is 16.1. The van der Waals surface area contributed by atoms with E-state index in [1.807, 2.05) is 13.0 Å². The third-order valence-electron chi connectivity index (χ3n) is 4.50. The molecule has 0 saturated carbocycles. The number of hydrogen-bond acceptors (Lipinski definition) is 6. The summed E-state index contributed by atoms with van der Waals surface area (Å²) in [5.74, 6) is -0.335. The molecular formula is C14H18N2O4S2. The van der Waals surface area contributed by atoms with Gasteiger partial charge in [-0.1, -0.05) is 39.8 Å². The van der Waals surface area contributed by atoms with Crippen LogP contribution in [0.1, 0.15) is 13.3 Å². The fraction of sp³-hybridized carbons (Fsp3) is 0.571. The van der Waals surface area contributed by atoms with Crippen molar-refractivity contribution in [3.05, 3.63) is 23.8 Å². The van der Waals surface area contributed by atoms with Gasteiger partial charge in [0.1, 0.15) is 4.87 Å². The van der Waals surface area contributed by atoms with Crippen molar-refractivity contribution in [1.29, 1.82) is 0 Å². The van der Waals surface area contributed by atoms with E-state index < -0.39 is 28.5 Å². The van der Waals surface area contributed by atoms with E-state index in [1.54, 1.807) is 17.1 Å². The molecule has 2 saturated heterocycles. The van der Waals surface area contributed by atoms with Crippen LogP contribution in [0.25, 0.3) is 0 Å². The summed E-state index contributed by atoms with van der Waals surface area (Å²) in [7, 11) is 4.17. The molecule has 22 heavy (non-hydrogen) atoms. The zero-order valence-electron chi connectivity index (χ0n) is 12.3. The Morgan fingerprint density at radius 3 is 2.91 bits per heavy atom. The van der Waals surface area contributed by atoms with Gasteiger partial charge < -0.3 is 20.0 Å². The first-order valence-corrected chi connectivity index (χ1v) is 9.09. The Bertz CT molecular complexity index is 581. The van der Waals surface area contributed by atoms with E-state index >= 15 is 0 Å². The minimum atomic E-state index is -1.34. The van der Waals surface area contributed by atoms with E-state index in [9.17, 15) is 19.8 Å². The number of amides is 2. The van der Waals surface area contributed by atoms with Crippen molar-refractivity contribution in [1.82, 2.24) is 9.80 Å². The number of aliphatic hydroxyl groups is 2. The fourth-order valence-corrected chi connectivity index (χ4v) is 6.55. The second kappa shape index (κ2) is 5.30. The average Bonchev–Trinajstić information content (AvgIpc) is 2.82. The minimum Gasteiger partial charge on any atom is -0.392 e. The molecule has 2 amide bonds. The molecule has 4 atom stereocenters. The molecule has 3 rings (SSSR count). The van der Waals surface area contributed by atoms with Crippen molar-refractivity contribution in [2.75, 3.05) is 13.7 Å². The summed E-state index contributed by atoms with van der Waals surface area (Å²) in [6, 6.07) is -0.429. The van der Waals surface area contributed by atoms with Gasteiger partial charge in [0.25, 0.3) is 5.91 Å². The third kappa shape index (κ3) is 1.97. The number of fused-ring (bicyclic) bond motifs is 3. The lowest BCUT2D eigenvalue weighted by atomic mass is 9.96. The van der Waals surface area contributed by atoms with Gasteiger partial charge in [-0.05, 0) is 12.5 Å². The number of aliphatic hydroxyl groups excluding tert-OH is 2. The first-order valence-electron chi connectivity index (χ1n) is 6.94. The Balaban J connectivity index is 2.05. The summed E-state index contributed by atoms with van der Waals surface area (Å²) >= 11 is 0. The Hall–Kier alpha value is -0.960. The van der Waals surface area contributed by atoms with Crippen LogP contribution in [0.3, 0.4) is 0 Å². The largest absolute Gasteiger partial charge is 0.392 e. The molecule has 0 aromatic heterocycles. The summed E-state index contributed by atoms with van der Waals surface area (Å²) in [5.41, 5.74) is 1.00. The molecule has 0 radical (unpaired) electrons. The van der Waals surface area contributed by atoms with E-state index in [4.69, 9.17) is 0 Å². The maximum absolute atomic E-state index is 13.1. The Morgan fingerprint density at radius 1 is 1.55 bits per heavy atom. The Morgan fingerprint density at radius 2 is 2.27 bits per heavy atom. The smallest absolute Gasteiger partial charge is 0.264 e. The maximum Gasteiger partial charge on any atom is 0.264 e. The first-order chi connectivity index (χ1) is 10.4. The van der Waals surface area contributed by atoms with Crippen molar-refractivity contribution in [2.45, 2.75) is 35.2 Å². The Kier molecular flexibility index (Phi) is 3.83. The van der Waals surface area contributed by atoms with Crippen LogP contribution in [-0.4, -0.2) is 67.9 Å². The van der Waals surface area contributed by atoms with Crippen LogP contribution in [0.2, 0.25) is 0 Å². The lowest BCUT2D eigenvalue weighted by Crippen LogP contribution is -2.66. The molecule has 8 heteroatoms. The van der Waals surface area contributed by atoms with E-state index in [0.29, 0.717) is 12.8 Å². The molecule has 0 aromatic rings. The van der Waals surface area contributed by atoms with Crippen molar-refractivity contribution < 1.29 is 19.8 Å². The normalized spacial score (nSPS) is 40.1. The van der Waals surface area contributed by atoms with Gasteiger partial charge in [0, 0.05) is 13.5 Å². The minimum absolute atomic E-state index is 0.335. The van der Waals surface area contributed by atoms with E-state index in [0.717, 1.165) is 5.57 Å². The van der Waals surface area contributed by atoms with E-state index in [-0.39, 0.29) is 5.91 Å². The number of likely N-dealkylation sites (N-methyl/N-ethyl adjacent to an activating group) is 1. The summed E-state index contributed by atoms with van der Waals surface area (Å²) in [6.45, 7) is 1.49. The molecule has 3 aliphatic rings. The van der Waals surface area contributed by atoms with E-state index in [1.165, 1.54) is 33.5 Å². The van der Waals surface area contributed by atoms with Gasteiger partial charge in [-0.15, -0.1) is 0 Å². The molecule has 0 bridgehead atoms. The van der Waals surface area contributed by atoms with Crippen LogP contribution in [0.15, 0.2) is 23.8 Å². The summed E-state index contributed by atoms with van der Waals surface area (Å²) in [4.78, 5) is 25.3. The highest BCUT2D eigenvalue weighted by molar-refractivity contribution is 8.78. The quantitative estimate of drug-likeness (QED) is 0.568. The zero-order valence-corrected chi connectivity index (χ0v) is 13.9. The highest BCUT2D eigenvalue weighted by Gasteiger charge is 2.62. The van der Waals surface area contributed by atoms with Gasteiger partial charge in [0.2, 0.25) is 11.3 Å². The highest BCUT2D eigenvalue weighted by atomic mass is 33.1. The molecule has 0 spiro atoms. The fourth-order valence-electron chi connectivity index (χ4n) is 3.25. The molecule has 2 aliphatic heterocycles. The van der Waals surface area contributed by atoms with Gasteiger partial charge in [-0.25, -0.2) is 0 Å². The number of hydrogen-bond donors (Lipinski definition) is 2. The highest BCUT2D eigenvalue weighted by Crippen LogP contribution is 2.59. The van der Waals surface area contributed by atoms with Crippen molar-refractivity contribution in [3.63, 3.8) is 0 Å². The predicted octanol–water partition coefficient (Wildman–Crippen LogP) is 0.332. The van der Waals surface area contributed by atoms with Crippen LogP contribution in [0.5, 0.6) is 0 Å². The van der Waals surface area contributed by atoms with Crippen LogP contribution in [0.4, 0.5) is 0 Å². The molecule has 0 aromatic carbocycles. The van der Waals surface area contributed by atoms with Gasteiger partial charge in [0.15, 0.2) is 0 Å². The van der Waals surface area contributed by atoms with Crippen LogP contribution < -0.4 is 0 Å². The number of nitrogens with zero attached hydrogens (tertiary/aromatic N) is 2. The molecule has 2 N–H and O–H groups in total. The predicted molar refractivity (Wildman–Crippen MR) is 85.7 cm³/mol. The van der Waals surface area contributed by atoms with Gasteiger partial charge in [-0.2, -0.15) is 0 Å². The number of allylic oxidation sites excluding steroid dienone is 2. The van der Waals surface area contributed by atoms with Gasteiger partial charge in [0.05, 0.1) is 18.8 Å². The van der Waals surface area contributed by atoms with Crippen molar-refractivity contribution in [2.24, 2.45) is 0 Å². The van der Waals surface area contributed by atoms with Crippen molar-refractivity contribution in [3.8, 4) is 0 Å². The summed E-state index contributed by atoms with van der Waals surface area (Å²) in [6.07, 6.45) is 5.83. The monoisotopic (exact) mass is 342 g/mol. The van der Waals surface area contributed by atoms with Crippen LogP contribution in [0, 0.1) is 0 Å². The Labute approximate surface area is 136 Å². The van der Waals surface area contributed by atoms with Gasteiger partial charge >= 0.3 is 0 Å². The molecule has 120 valence electrons. The van der Waals surface area contributed by atoms with Crippen molar-refractivity contribution >= 4 is 33.9 Å². The van der Waals surface area contributed by atoms with Crippen LogP contribution in [-0.2, 0) is 9.59 Å². The maximum atomic E-state index is 13.1. The molecule has 2 unspecified atom stereocenters. The number of rotatable bonds is 3. The number of carbonyl (C=O) groups is 2. The van der Waals surface area contributed by atoms with Crippen LogP contribution >= 0.6 is 21.6 Å². The molecule has 2 heterocycles. The second-order valence-corrected chi connectivity index (χ2v) is 8.80. The average molecular weight is 342 g/mol. The second-order valence-electron chi connectivity index (χ2n) is 5.91. The summed E-state index contributed by atoms with van der Waals surface area (Å²) in [5, 5.41) is 20.1. The molecular weight excluding hydrogens is 324 g/mol. The molecule has 2 fully saturated rings. The third-order valence-corrected chi connectivity index (χ3v) is 8.30. The first kappa shape index (κ1) is 15.9. The lowest BCUT2D eigenvalue weighted by molar-refractivity contribution is -0.148. The molecule has 6 nitrogen and oxygen atoms in total. The number of carbonyl (C=O) groups excluding carboxylic acids is 2. The van der Waals surface area contributed by atoms with E-state index in [2.05, 4.69) is 0 Å². The standard InChI is InChI=1S/C14H18N2O4S2/c1-13-6-9-4-3-5-10(19)11(9)16(13)12(20)14(7-17,22-21-13)15(2)8-18/h3-5,8,10-11,17,19H,6-7H2,1-2H3/t10-,11-,13?,14?/m0/s1.